The van der Waals surface area contributed by atoms with Gasteiger partial charge in [-0.2, -0.15) is 0 Å². The van der Waals surface area contributed by atoms with Gasteiger partial charge in [0.15, 0.2) is 0 Å². The zero-order valence-corrected chi connectivity index (χ0v) is 11.9. The summed E-state index contributed by atoms with van der Waals surface area (Å²) in [6.45, 7) is 2.55. The van der Waals surface area contributed by atoms with Gasteiger partial charge in [-0.15, -0.1) is 11.3 Å². The Morgan fingerprint density at radius 3 is 2.68 bits per heavy atom. The van der Waals surface area contributed by atoms with Crippen LogP contribution in [0.15, 0.2) is 30.3 Å². The molecule has 0 aliphatic heterocycles. The zero-order valence-electron chi connectivity index (χ0n) is 10.4. The Morgan fingerprint density at radius 2 is 2.05 bits per heavy atom. The van der Waals surface area contributed by atoms with E-state index in [0.717, 1.165) is 17.4 Å². The van der Waals surface area contributed by atoms with Crippen LogP contribution in [-0.2, 0) is 13.0 Å². The van der Waals surface area contributed by atoms with E-state index < -0.39 is 5.82 Å². The molecular weight excluding hydrogens is 285 g/mol. The standard InChI is InChI=1S/C14H13ClFNOS/c1-2-10-4-5-11(19-10)8-17-14(18)12-6-3-9(16)7-13(12)15/h3-7H,2,8H2,1H3,(H,17,18). The largest absolute Gasteiger partial charge is 0.347 e. The van der Waals surface area contributed by atoms with Crippen molar-refractivity contribution in [2.24, 2.45) is 0 Å². The predicted octanol–water partition coefficient (Wildman–Crippen LogP) is 4.03. The van der Waals surface area contributed by atoms with Gasteiger partial charge in [0.05, 0.1) is 17.1 Å². The number of aryl methyl sites for hydroxylation is 1. The van der Waals surface area contributed by atoms with E-state index in [9.17, 15) is 9.18 Å². The van der Waals surface area contributed by atoms with Gasteiger partial charge >= 0.3 is 0 Å². The fourth-order valence-electron chi connectivity index (χ4n) is 1.64. The highest BCUT2D eigenvalue weighted by Crippen LogP contribution is 2.19. The molecular formula is C14H13ClFNOS. The summed E-state index contributed by atoms with van der Waals surface area (Å²) in [5, 5.41) is 2.90. The van der Waals surface area contributed by atoms with Gasteiger partial charge < -0.3 is 5.32 Å². The molecule has 100 valence electrons. The van der Waals surface area contributed by atoms with Gasteiger partial charge in [0.1, 0.15) is 5.82 Å². The van der Waals surface area contributed by atoms with Gasteiger partial charge in [0.2, 0.25) is 0 Å². The number of rotatable bonds is 4. The van der Waals surface area contributed by atoms with Crippen molar-refractivity contribution in [2.75, 3.05) is 0 Å². The first-order chi connectivity index (χ1) is 9.10. The van der Waals surface area contributed by atoms with Crippen LogP contribution in [0.2, 0.25) is 5.02 Å². The second kappa shape index (κ2) is 6.17. The topological polar surface area (TPSA) is 29.1 Å². The second-order valence-corrected chi connectivity index (χ2v) is 5.69. The van der Waals surface area contributed by atoms with E-state index >= 15 is 0 Å². The minimum Gasteiger partial charge on any atom is -0.347 e. The van der Waals surface area contributed by atoms with E-state index in [1.54, 1.807) is 11.3 Å². The first kappa shape index (κ1) is 14.0. The Labute approximate surface area is 120 Å². The average molecular weight is 298 g/mol. The SMILES string of the molecule is CCc1ccc(CNC(=O)c2ccc(F)cc2Cl)s1. The molecule has 0 saturated heterocycles. The number of nitrogens with one attached hydrogen (secondary N) is 1. The molecule has 0 fully saturated rings. The summed E-state index contributed by atoms with van der Waals surface area (Å²) in [5.74, 6) is -0.746. The van der Waals surface area contributed by atoms with Gasteiger partial charge in [-0.25, -0.2) is 4.39 Å². The van der Waals surface area contributed by atoms with Gasteiger partial charge in [0.25, 0.3) is 5.91 Å². The summed E-state index contributed by atoms with van der Waals surface area (Å²) in [6, 6.07) is 7.80. The molecule has 0 radical (unpaired) electrons. The van der Waals surface area contributed by atoms with E-state index in [1.165, 1.54) is 17.0 Å². The monoisotopic (exact) mass is 297 g/mol. The number of halogens is 2. The number of thiophene rings is 1. The molecule has 0 saturated carbocycles. The summed E-state index contributed by atoms with van der Waals surface area (Å²) in [6.07, 6.45) is 0.988. The van der Waals surface area contributed by atoms with Crippen molar-refractivity contribution < 1.29 is 9.18 Å². The van der Waals surface area contributed by atoms with E-state index in [2.05, 4.69) is 18.3 Å². The summed E-state index contributed by atoms with van der Waals surface area (Å²) in [4.78, 5) is 14.3. The molecule has 19 heavy (non-hydrogen) atoms. The summed E-state index contributed by atoms with van der Waals surface area (Å²) in [7, 11) is 0. The molecule has 0 unspecified atom stereocenters. The van der Waals surface area contributed by atoms with Crippen molar-refractivity contribution in [3.63, 3.8) is 0 Å². The quantitative estimate of drug-likeness (QED) is 0.907. The molecule has 5 heteroatoms. The van der Waals surface area contributed by atoms with E-state index in [0.29, 0.717) is 6.54 Å². The number of hydrogen-bond acceptors (Lipinski definition) is 2. The molecule has 2 rings (SSSR count). The summed E-state index contributed by atoms with van der Waals surface area (Å²) < 4.78 is 12.9. The fourth-order valence-corrected chi connectivity index (χ4v) is 2.79. The second-order valence-electron chi connectivity index (χ2n) is 4.03. The molecule has 0 aliphatic rings. The molecule has 1 heterocycles. The minimum atomic E-state index is -0.451. The molecule has 0 aliphatic carbocycles. The Balaban J connectivity index is 2.01. The Morgan fingerprint density at radius 1 is 1.32 bits per heavy atom. The number of amides is 1. The number of hydrogen-bond donors (Lipinski definition) is 1. The molecule has 0 bridgehead atoms. The number of carbonyl (C=O) groups excluding carboxylic acids is 1. The molecule has 0 spiro atoms. The molecule has 2 nitrogen and oxygen atoms in total. The number of benzene rings is 1. The normalized spacial score (nSPS) is 10.5. The maximum Gasteiger partial charge on any atom is 0.253 e. The lowest BCUT2D eigenvalue weighted by Gasteiger charge is -2.05. The van der Waals surface area contributed by atoms with E-state index in [4.69, 9.17) is 11.6 Å². The summed E-state index contributed by atoms with van der Waals surface area (Å²) >= 11 is 7.50. The van der Waals surface area contributed by atoms with Crippen molar-refractivity contribution in [2.45, 2.75) is 19.9 Å². The van der Waals surface area contributed by atoms with Crippen LogP contribution < -0.4 is 5.32 Å². The van der Waals surface area contributed by atoms with Crippen molar-refractivity contribution >= 4 is 28.8 Å². The number of carbonyl (C=O) groups is 1. The van der Waals surface area contributed by atoms with Crippen LogP contribution in [-0.4, -0.2) is 5.91 Å². The molecule has 1 amide bonds. The van der Waals surface area contributed by atoms with Crippen molar-refractivity contribution in [1.82, 2.24) is 5.32 Å². The predicted molar refractivity (Wildman–Crippen MR) is 76.3 cm³/mol. The third-order valence-electron chi connectivity index (χ3n) is 2.66. The molecule has 1 aromatic heterocycles. The average Bonchev–Trinajstić information content (AvgIpc) is 2.84. The molecule has 2 aromatic rings. The first-order valence-corrected chi connectivity index (χ1v) is 7.10. The third-order valence-corrected chi connectivity index (χ3v) is 4.21. The van der Waals surface area contributed by atoms with E-state index in [-0.39, 0.29) is 16.5 Å². The lowest BCUT2D eigenvalue weighted by atomic mass is 10.2. The van der Waals surface area contributed by atoms with Crippen LogP contribution in [0, 0.1) is 5.82 Å². The molecule has 0 atom stereocenters. The van der Waals surface area contributed by atoms with Crippen LogP contribution in [0.4, 0.5) is 4.39 Å². The Bertz CT molecular complexity index is 597. The van der Waals surface area contributed by atoms with Crippen LogP contribution in [0.3, 0.4) is 0 Å². The highest BCUT2D eigenvalue weighted by molar-refractivity contribution is 7.11. The molecule has 1 aromatic carbocycles. The highest BCUT2D eigenvalue weighted by atomic mass is 35.5. The third kappa shape index (κ3) is 3.55. The van der Waals surface area contributed by atoms with Crippen molar-refractivity contribution in [3.8, 4) is 0 Å². The van der Waals surface area contributed by atoms with Crippen LogP contribution >= 0.6 is 22.9 Å². The van der Waals surface area contributed by atoms with Crippen molar-refractivity contribution in [3.05, 3.63) is 56.5 Å². The molecule has 1 N–H and O–H groups in total. The van der Waals surface area contributed by atoms with Gasteiger partial charge in [0, 0.05) is 9.75 Å². The van der Waals surface area contributed by atoms with Crippen molar-refractivity contribution in [1.29, 1.82) is 0 Å². The van der Waals surface area contributed by atoms with E-state index in [1.807, 2.05) is 6.07 Å². The maximum atomic E-state index is 12.9. The first-order valence-electron chi connectivity index (χ1n) is 5.91. The van der Waals surface area contributed by atoms with Gasteiger partial charge in [-0.3, -0.25) is 4.79 Å². The van der Waals surface area contributed by atoms with Crippen LogP contribution in [0.1, 0.15) is 27.0 Å². The van der Waals surface area contributed by atoms with Gasteiger partial charge in [-0.05, 0) is 36.8 Å². The lowest BCUT2D eigenvalue weighted by molar-refractivity contribution is 0.0951. The Hall–Kier alpha value is -1.39. The smallest absolute Gasteiger partial charge is 0.253 e. The maximum absolute atomic E-state index is 12.9. The van der Waals surface area contributed by atoms with Gasteiger partial charge in [-0.1, -0.05) is 18.5 Å². The van der Waals surface area contributed by atoms with Crippen LogP contribution in [0.25, 0.3) is 0 Å². The fraction of sp³-hybridized carbons (Fsp3) is 0.214. The highest BCUT2D eigenvalue weighted by Gasteiger charge is 2.11. The zero-order chi connectivity index (χ0) is 13.8. The van der Waals surface area contributed by atoms with Crippen LogP contribution in [0.5, 0.6) is 0 Å². The lowest BCUT2D eigenvalue weighted by Crippen LogP contribution is -2.22. The minimum absolute atomic E-state index is 0.123. The summed E-state index contributed by atoms with van der Waals surface area (Å²) in [5.41, 5.74) is 0.287. The Kier molecular flexibility index (Phi) is 4.56.